The minimum Gasteiger partial charge on any atom is -0.487 e. The molecule has 24 heavy (non-hydrogen) atoms. The van der Waals surface area contributed by atoms with E-state index in [2.05, 4.69) is 20.3 Å². The lowest BCUT2D eigenvalue weighted by Gasteiger charge is -2.39. The first-order valence-corrected chi connectivity index (χ1v) is 7.11. The van der Waals surface area contributed by atoms with Gasteiger partial charge in [-0.05, 0) is 18.2 Å². The topological polar surface area (TPSA) is 68.4 Å². The highest BCUT2D eigenvalue weighted by molar-refractivity contribution is 5.47. The Balaban J connectivity index is 1.41. The second-order valence-electron chi connectivity index (χ2n) is 5.34. The van der Waals surface area contributed by atoms with Gasteiger partial charge in [-0.15, -0.1) is 15.3 Å². The molecule has 0 aromatic carbocycles. The van der Waals surface area contributed by atoms with Gasteiger partial charge in [-0.1, -0.05) is 0 Å². The maximum Gasteiger partial charge on any atom is 0.433 e. The Bertz CT molecular complexity index is 874. The van der Waals surface area contributed by atoms with E-state index >= 15 is 0 Å². The molecule has 0 spiro atoms. The van der Waals surface area contributed by atoms with E-state index in [0.717, 1.165) is 18.1 Å². The summed E-state index contributed by atoms with van der Waals surface area (Å²) < 4.78 is 45.0. The summed E-state index contributed by atoms with van der Waals surface area (Å²) in [6, 6.07) is 5.93. The summed E-state index contributed by atoms with van der Waals surface area (Å²) in [7, 11) is 0. The van der Waals surface area contributed by atoms with Crippen LogP contribution in [0.15, 0.2) is 36.8 Å². The molecular weight excluding hydrogens is 325 g/mol. The Kier molecular flexibility index (Phi) is 3.25. The van der Waals surface area contributed by atoms with Crippen LogP contribution in [-0.2, 0) is 6.18 Å². The fourth-order valence-electron chi connectivity index (χ4n) is 2.42. The third-order valence-corrected chi connectivity index (χ3v) is 3.64. The Hall–Kier alpha value is -2.91. The van der Waals surface area contributed by atoms with Crippen LogP contribution in [0.1, 0.15) is 5.69 Å². The third-order valence-electron chi connectivity index (χ3n) is 3.64. The SMILES string of the molecule is FC(F)(F)c1cc(OC2CN(c3ccc4nncn4n3)C2)ccn1. The summed E-state index contributed by atoms with van der Waals surface area (Å²) in [6.45, 7) is 1.06. The van der Waals surface area contributed by atoms with Gasteiger partial charge >= 0.3 is 6.18 Å². The number of hydrogen-bond acceptors (Lipinski definition) is 6. The Morgan fingerprint density at radius 1 is 1.17 bits per heavy atom. The largest absolute Gasteiger partial charge is 0.487 e. The summed E-state index contributed by atoms with van der Waals surface area (Å²) in [5, 5.41) is 12.0. The first-order valence-electron chi connectivity index (χ1n) is 7.11. The number of ether oxygens (including phenoxy) is 1. The van der Waals surface area contributed by atoms with Crippen molar-refractivity contribution in [1.82, 2.24) is 24.8 Å². The number of rotatable bonds is 3. The molecule has 4 rings (SSSR count). The second-order valence-corrected chi connectivity index (χ2v) is 5.34. The Morgan fingerprint density at radius 2 is 2.00 bits per heavy atom. The van der Waals surface area contributed by atoms with Crippen LogP contribution in [0.5, 0.6) is 5.75 Å². The number of hydrogen-bond donors (Lipinski definition) is 0. The van der Waals surface area contributed by atoms with Crippen molar-refractivity contribution in [3.05, 3.63) is 42.5 Å². The highest BCUT2D eigenvalue weighted by atomic mass is 19.4. The van der Waals surface area contributed by atoms with Crippen molar-refractivity contribution in [3.63, 3.8) is 0 Å². The maximum atomic E-state index is 12.6. The number of anilines is 1. The molecule has 4 heterocycles. The molecule has 10 heteroatoms. The van der Waals surface area contributed by atoms with Crippen LogP contribution in [0, 0.1) is 0 Å². The molecule has 1 aliphatic heterocycles. The van der Waals surface area contributed by atoms with Crippen molar-refractivity contribution < 1.29 is 17.9 Å². The zero-order chi connectivity index (χ0) is 16.7. The lowest BCUT2D eigenvalue weighted by molar-refractivity contribution is -0.141. The van der Waals surface area contributed by atoms with Gasteiger partial charge in [0.25, 0.3) is 0 Å². The maximum absolute atomic E-state index is 12.6. The zero-order valence-electron chi connectivity index (χ0n) is 12.2. The van der Waals surface area contributed by atoms with Crippen LogP contribution in [0.2, 0.25) is 0 Å². The van der Waals surface area contributed by atoms with Crippen molar-refractivity contribution in [3.8, 4) is 5.75 Å². The predicted octanol–water partition coefficient (Wildman–Crippen LogP) is 1.81. The van der Waals surface area contributed by atoms with Gasteiger partial charge in [0.05, 0.1) is 13.1 Å². The molecule has 7 nitrogen and oxygen atoms in total. The van der Waals surface area contributed by atoms with E-state index < -0.39 is 11.9 Å². The van der Waals surface area contributed by atoms with E-state index in [-0.39, 0.29) is 11.9 Å². The van der Waals surface area contributed by atoms with Crippen molar-refractivity contribution in [2.24, 2.45) is 0 Å². The second kappa shape index (κ2) is 5.32. The lowest BCUT2D eigenvalue weighted by atomic mass is 10.1. The predicted molar refractivity (Wildman–Crippen MR) is 76.7 cm³/mol. The number of pyridine rings is 1. The number of alkyl halides is 3. The van der Waals surface area contributed by atoms with Crippen molar-refractivity contribution in [2.45, 2.75) is 12.3 Å². The van der Waals surface area contributed by atoms with Crippen LogP contribution >= 0.6 is 0 Å². The summed E-state index contributed by atoms with van der Waals surface area (Å²) >= 11 is 0. The van der Waals surface area contributed by atoms with Crippen LogP contribution in [0.3, 0.4) is 0 Å². The molecule has 0 N–H and O–H groups in total. The molecule has 0 atom stereocenters. The molecular formula is C14H11F3N6O. The average Bonchev–Trinajstić information content (AvgIpc) is 2.97. The molecule has 1 fully saturated rings. The molecule has 124 valence electrons. The van der Waals surface area contributed by atoms with Crippen LogP contribution in [0.4, 0.5) is 19.0 Å². The summed E-state index contributed by atoms with van der Waals surface area (Å²) in [4.78, 5) is 5.26. The van der Waals surface area contributed by atoms with Gasteiger partial charge in [0.1, 0.15) is 29.7 Å². The van der Waals surface area contributed by atoms with Gasteiger partial charge in [0.15, 0.2) is 5.65 Å². The molecule has 1 aliphatic rings. The molecule has 3 aromatic heterocycles. The third kappa shape index (κ3) is 2.70. The molecule has 0 radical (unpaired) electrons. The van der Waals surface area contributed by atoms with Gasteiger partial charge in [-0.2, -0.15) is 17.7 Å². The normalized spacial score (nSPS) is 15.5. The van der Waals surface area contributed by atoms with Crippen molar-refractivity contribution in [1.29, 1.82) is 0 Å². The Morgan fingerprint density at radius 3 is 2.79 bits per heavy atom. The minimum atomic E-state index is -4.48. The first kappa shape index (κ1) is 14.7. The number of halogens is 3. The first-order chi connectivity index (χ1) is 11.5. The van der Waals surface area contributed by atoms with Crippen molar-refractivity contribution in [2.75, 3.05) is 18.0 Å². The fourth-order valence-corrected chi connectivity index (χ4v) is 2.42. The monoisotopic (exact) mass is 336 g/mol. The highest BCUT2D eigenvalue weighted by Crippen LogP contribution is 2.30. The van der Waals surface area contributed by atoms with Gasteiger partial charge < -0.3 is 9.64 Å². The zero-order valence-corrected chi connectivity index (χ0v) is 12.2. The van der Waals surface area contributed by atoms with Gasteiger partial charge in [-0.3, -0.25) is 4.98 Å². The molecule has 1 saturated heterocycles. The lowest BCUT2D eigenvalue weighted by Crippen LogP contribution is -2.54. The molecule has 0 amide bonds. The molecule has 3 aromatic rings. The van der Waals surface area contributed by atoms with Gasteiger partial charge in [-0.25, -0.2) is 0 Å². The number of nitrogens with zero attached hydrogens (tertiary/aromatic N) is 6. The molecule has 0 bridgehead atoms. The molecule has 0 unspecified atom stereocenters. The summed E-state index contributed by atoms with van der Waals surface area (Å²) in [5.41, 5.74) is -0.320. The standard InChI is InChI=1S/C14H11F3N6O/c15-14(16,17)11-5-9(3-4-18-11)24-10-6-22(7-10)13-2-1-12-20-19-8-23(12)21-13/h1-5,8,10H,6-7H2. The minimum absolute atomic E-state index is 0.157. The summed E-state index contributed by atoms with van der Waals surface area (Å²) in [6.07, 6.45) is -2.09. The average molecular weight is 336 g/mol. The van der Waals surface area contributed by atoms with E-state index in [1.54, 1.807) is 10.6 Å². The van der Waals surface area contributed by atoms with Crippen LogP contribution < -0.4 is 9.64 Å². The van der Waals surface area contributed by atoms with Crippen molar-refractivity contribution >= 4 is 11.5 Å². The van der Waals surface area contributed by atoms with Gasteiger partial charge in [0, 0.05) is 12.3 Å². The molecule has 0 aliphatic carbocycles. The number of aromatic nitrogens is 5. The van der Waals surface area contributed by atoms with E-state index in [0.29, 0.717) is 18.7 Å². The highest BCUT2D eigenvalue weighted by Gasteiger charge is 2.34. The van der Waals surface area contributed by atoms with E-state index in [9.17, 15) is 13.2 Å². The van der Waals surface area contributed by atoms with Crippen LogP contribution in [0.25, 0.3) is 5.65 Å². The fraction of sp³-hybridized carbons (Fsp3) is 0.286. The Labute approximate surface area is 133 Å². The number of fused-ring (bicyclic) bond motifs is 1. The van der Waals surface area contributed by atoms with E-state index in [1.165, 1.54) is 12.4 Å². The van der Waals surface area contributed by atoms with Crippen LogP contribution in [-0.4, -0.2) is 44.0 Å². The van der Waals surface area contributed by atoms with Gasteiger partial charge in [0.2, 0.25) is 0 Å². The smallest absolute Gasteiger partial charge is 0.433 e. The van der Waals surface area contributed by atoms with E-state index in [1.807, 2.05) is 11.0 Å². The van der Waals surface area contributed by atoms with E-state index in [4.69, 9.17) is 4.74 Å². The summed E-state index contributed by atoms with van der Waals surface area (Å²) in [5.74, 6) is 0.886. The molecule has 0 saturated carbocycles. The quantitative estimate of drug-likeness (QED) is 0.727.